The molecule has 2 aromatic carbocycles. The molecule has 0 amide bonds. The molecule has 0 spiro atoms. The number of methoxy groups -OCH3 is 1. The predicted molar refractivity (Wildman–Crippen MR) is 92.4 cm³/mol. The Bertz CT molecular complexity index is 882. The minimum atomic E-state index is -0.160. The lowest BCUT2D eigenvalue weighted by molar-refractivity contribution is 0.414. The summed E-state index contributed by atoms with van der Waals surface area (Å²) in [5, 5.41) is 4.37. The van der Waals surface area contributed by atoms with Gasteiger partial charge in [0.15, 0.2) is 0 Å². The van der Waals surface area contributed by atoms with Crippen LogP contribution >= 0.6 is 15.9 Å². The average Bonchev–Trinajstić information content (AvgIpc) is 2.84. The van der Waals surface area contributed by atoms with Gasteiger partial charge in [-0.25, -0.2) is 4.79 Å². The quantitative estimate of drug-likeness (QED) is 0.705. The van der Waals surface area contributed by atoms with Crippen molar-refractivity contribution >= 4 is 15.9 Å². The molecule has 0 aliphatic heterocycles. The fourth-order valence-corrected chi connectivity index (χ4v) is 2.64. The van der Waals surface area contributed by atoms with Crippen LogP contribution in [0.25, 0.3) is 5.69 Å². The summed E-state index contributed by atoms with van der Waals surface area (Å²) in [6, 6.07) is 15.2. The Morgan fingerprint density at radius 2 is 1.91 bits per heavy atom. The molecule has 0 radical (unpaired) electrons. The standard InChI is InChI=1S/C17H16BrN3O2/c1-12-19-21(15-8-6-14(18)7-9-15)17(22)20(12)11-13-4-3-5-16(10-13)23-2/h3-10H,11H2,1-2H3. The molecule has 0 atom stereocenters. The largest absolute Gasteiger partial charge is 0.497 e. The first-order chi connectivity index (χ1) is 11.1. The van der Waals surface area contributed by atoms with Gasteiger partial charge in [-0.2, -0.15) is 9.78 Å². The van der Waals surface area contributed by atoms with Crippen molar-refractivity contribution in [3.05, 3.63) is 74.9 Å². The maximum atomic E-state index is 12.7. The second-order valence-electron chi connectivity index (χ2n) is 5.16. The summed E-state index contributed by atoms with van der Waals surface area (Å²) >= 11 is 3.39. The Hall–Kier alpha value is -2.34. The van der Waals surface area contributed by atoms with Crippen molar-refractivity contribution in [1.29, 1.82) is 0 Å². The van der Waals surface area contributed by atoms with E-state index in [2.05, 4.69) is 21.0 Å². The van der Waals surface area contributed by atoms with Gasteiger partial charge in [0.2, 0.25) is 0 Å². The van der Waals surface area contributed by atoms with Crippen molar-refractivity contribution in [3.8, 4) is 11.4 Å². The highest BCUT2D eigenvalue weighted by atomic mass is 79.9. The van der Waals surface area contributed by atoms with Crippen molar-refractivity contribution in [2.75, 3.05) is 7.11 Å². The maximum Gasteiger partial charge on any atom is 0.351 e. The lowest BCUT2D eigenvalue weighted by Gasteiger charge is -2.05. The van der Waals surface area contributed by atoms with E-state index in [0.29, 0.717) is 12.4 Å². The van der Waals surface area contributed by atoms with E-state index >= 15 is 0 Å². The molecule has 1 heterocycles. The molecule has 0 unspecified atom stereocenters. The number of rotatable bonds is 4. The van der Waals surface area contributed by atoms with Crippen molar-refractivity contribution < 1.29 is 4.74 Å². The van der Waals surface area contributed by atoms with E-state index in [0.717, 1.165) is 21.5 Å². The normalized spacial score (nSPS) is 10.7. The minimum absolute atomic E-state index is 0.160. The molecule has 3 aromatic rings. The first-order valence-corrected chi connectivity index (χ1v) is 7.93. The Morgan fingerprint density at radius 1 is 1.17 bits per heavy atom. The van der Waals surface area contributed by atoms with Crippen LogP contribution in [-0.2, 0) is 6.54 Å². The van der Waals surface area contributed by atoms with Crippen molar-refractivity contribution in [1.82, 2.24) is 14.3 Å². The highest BCUT2D eigenvalue weighted by Crippen LogP contribution is 2.15. The number of hydrogen-bond acceptors (Lipinski definition) is 3. The second-order valence-corrected chi connectivity index (χ2v) is 6.07. The molecule has 0 aliphatic rings. The van der Waals surface area contributed by atoms with Gasteiger partial charge in [-0.1, -0.05) is 28.1 Å². The molecular formula is C17H16BrN3O2. The van der Waals surface area contributed by atoms with E-state index in [4.69, 9.17) is 4.74 Å². The summed E-state index contributed by atoms with van der Waals surface area (Å²) in [6.07, 6.45) is 0. The first kappa shape index (κ1) is 15.6. The lowest BCUT2D eigenvalue weighted by Crippen LogP contribution is -2.24. The topological polar surface area (TPSA) is 49.0 Å². The van der Waals surface area contributed by atoms with Crippen molar-refractivity contribution in [3.63, 3.8) is 0 Å². The molecule has 6 heteroatoms. The first-order valence-electron chi connectivity index (χ1n) is 7.14. The van der Waals surface area contributed by atoms with Gasteiger partial charge in [0.05, 0.1) is 19.3 Å². The zero-order valence-corrected chi connectivity index (χ0v) is 14.4. The van der Waals surface area contributed by atoms with Gasteiger partial charge < -0.3 is 4.74 Å². The summed E-state index contributed by atoms with van der Waals surface area (Å²) in [7, 11) is 1.63. The zero-order chi connectivity index (χ0) is 16.4. The molecule has 0 fully saturated rings. The van der Waals surface area contributed by atoms with Gasteiger partial charge in [-0.15, -0.1) is 0 Å². The Morgan fingerprint density at radius 3 is 2.61 bits per heavy atom. The SMILES string of the molecule is COc1cccc(Cn2c(C)nn(-c3ccc(Br)cc3)c2=O)c1. The third-order valence-corrected chi connectivity index (χ3v) is 4.12. The van der Waals surface area contributed by atoms with Crippen LogP contribution in [0.1, 0.15) is 11.4 Å². The zero-order valence-electron chi connectivity index (χ0n) is 12.9. The van der Waals surface area contributed by atoms with Crippen LogP contribution in [0.3, 0.4) is 0 Å². The van der Waals surface area contributed by atoms with E-state index in [-0.39, 0.29) is 5.69 Å². The summed E-state index contributed by atoms with van der Waals surface area (Å²) in [5.74, 6) is 1.44. The van der Waals surface area contributed by atoms with E-state index in [1.807, 2.05) is 55.5 Å². The number of aryl methyl sites for hydroxylation is 1. The minimum Gasteiger partial charge on any atom is -0.497 e. The van der Waals surface area contributed by atoms with Gasteiger partial charge in [-0.05, 0) is 48.9 Å². The highest BCUT2D eigenvalue weighted by molar-refractivity contribution is 9.10. The summed E-state index contributed by atoms with van der Waals surface area (Å²) in [6.45, 7) is 2.29. The van der Waals surface area contributed by atoms with Crippen LogP contribution in [0.5, 0.6) is 5.75 Å². The number of benzene rings is 2. The fraction of sp³-hybridized carbons (Fsp3) is 0.176. The van der Waals surface area contributed by atoms with Gasteiger partial charge in [0.25, 0.3) is 0 Å². The molecule has 5 nitrogen and oxygen atoms in total. The van der Waals surface area contributed by atoms with E-state index < -0.39 is 0 Å². The number of aromatic nitrogens is 3. The predicted octanol–water partition coefficient (Wildman–Crippen LogP) is 3.16. The van der Waals surface area contributed by atoms with Crippen molar-refractivity contribution in [2.45, 2.75) is 13.5 Å². The molecule has 0 saturated carbocycles. The number of nitrogens with zero attached hydrogens (tertiary/aromatic N) is 3. The monoisotopic (exact) mass is 373 g/mol. The van der Waals surface area contributed by atoms with Crippen molar-refractivity contribution in [2.24, 2.45) is 0 Å². The number of ether oxygens (including phenoxy) is 1. The van der Waals surface area contributed by atoms with Gasteiger partial charge >= 0.3 is 5.69 Å². The molecule has 0 bridgehead atoms. The molecule has 0 aliphatic carbocycles. The molecule has 1 aromatic heterocycles. The average molecular weight is 374 g/mol. The Balaban J connectivity index is 1.97. The van der Waals surface area contributed by atoms with Crippen LogP contribution < -0.4 is 10.4 Å². The van der Waals surface area contributed by atoms with Crippen LogP contribution in [0.4, 0.5) is 0 Å². The lowest BCUT2D eigenvalue weighted by atomic mass is 10.2. The van der Waals surface area contributed by atoms with E-state index in [1.165, 1.54) is 4.68 Å². The molecular weight excluding hydrogens is 358 g/mol. The third kappa shape index (κ3) is 3.22. The maximum absolute atomic E-state index is 12.7. The van der Waals surface area contributed by atoms with Crippen LogP contribution in [0.15, 0.2) is 57.8 Å². The number of hydrogen-bond donors (Lipinski definition) is 0. The third-order valence-electron chi connectivity index (χ3n) is 3.59. The summed E-state index contributed by atoms with van der Waals surface area (Å²) in [5.41, 5.74) is 1.57. The Labute approximate surface area is 142 Å². The highest BCUT2D eigenvalue weighted by Gasteiger charge is 2.12. The molecule has 118 valence electrons. The van der Waals surface area contributed by atoms with Crippen LogP contribution in [0.2, 0.25) is 0 Å². The fourth-order valence-electron chi connectivity index (χ4n) is 2.38. The van der Waals surface area contributed by atoms with E-state index in [1.54, 1.807) is 11.7 Å². The molecule has 23 heavy (non-hydrogen) atoms. The molecule has 0 saturated heterocycles. The molecule has 0 N–H and O–H groups in total. The Kier molecular flexibility index (Phi) is 4.34. The number of halogens is 1. The van der Waals surface area contributed by atoms with Gasteiger partial charge in [0, 0.05) is 4.47 Å². The van der Waals surface area contributed by atoms with Crippen LogP contribution in [0, 0.1) is 6.92 Å². The van der Waals surface area contributed by atoms with Crippen LogP contribution in [-0.4, -0.2) is 21.5 Å². The summed E-state index contributed by atoms with van der Waals surface area (Å²) < 4.78 is 9.25. The van der Waals surface area contributed by atoms with Gasteiger partial charge in [-0.3, -0.25) is 4.57 Å². The second kappa shape index (κ2) is 6.42. The van der Waals surface area contributed by atoms with Gasteiger partial charge in [0.1, 0.15) is 11.6 Å². The molecule has 3 rings (SSSR count). The summed E-state index contributed by atoms with van der Waals surface area (Å²) in [4.78, 5) is 12.7. The van der Waals surface area contributed by atoms with E-state index in [9.17, 15) is 4.79 Å². The smallest absolute Gasteiger partial charge is 0.351 e.